The quantitative estimate of drug-likeness (QED) is 0.627. The summed E-state index contributed by atoms with van der Waals surface area (Å²) in [5.74, 6) is -0.705. The van der Waals surface area contributed by atoms with Gasteiger partial charge in [-0.2, -0.15) is 18.2 Å². The van der Waals surface area contributed by atoms with Crippen molar-refractivity contribution in [3.8, 4) is 0 Å². The lowest BCUT2D eigenvalue weighted by atomic mass is 9.71. The number of rotatable bonds is 5. The van der Waals surface area contributed by atoms with Crippen LogP contribution < -0.4 is 15.1 Å². The standard InChI is InChI=1S/C24H26F4N4O3/c25-17-7-16(1-2-18(17)32-9-14-5-15(6-14)10-32)29-21(33)20-19(8-24(26,27)28)35-22(30-20)31-4-3-23(11-31)12-34-13-23/h1-2,7,14-15H,3-6,8-13H2,(H,29,33). The number of piperidine rings is 2. The number of oxazole rings is 1. The van der Waals surface area contributed by atoms with Gasteiger partial charge in [-0.3, -0.25) is 4.79 Å². The number of fused-ring (bicyclic) bond motifs is 2. The Morgan fingerprint density at radius 3 is 2.51 bits per heavy atom. The molecule has 2 bridgehead atoms. The average Bonchev–Trinajstić information content (AvgIpc) is 3.37. The highest BCUT2D eigenvalue weighted by Gasteiger charge is 2.46. The molecule has 1 amide bonds. The van der Waals surface area contributed by atoms with Crippen molar-refractivity contribution in [1.82, 2.24) is 4.98 Å². The van der Waals surface area contributed by atoms with Crippen molar-refractivity contribution in [3.05, 3.63) is 35.5 Å². The van der Waals surface area contributed by atoms with Gasteiger partial charge >= 0.3 is 6.18 Å². The number of carbonyl (C=O) groups is 1. The third-order valence-electron chi connectivity index (χ3n) is 7.62. The van der Waals surface area contributed by atoms with Gasteiger partial charge in [0, 0.05) is 37.3 Å². The van der Waals surface area contributed by atoms with E-state index in [4.69, 9.17) is 9.15 Å². The minimum Gasteiger partial charge on any atom is -0.427 e. The first-order valence-electron chi connectivity index (χ1n) is 11.9. The molecule has 188 valence electrons. The van der Waals surface area contributed by atoms with Crippen molar-refractivity contribution in [3.63, 3.8) is 0 Å². The average molecular weight is 494 g/mol. The van der Waals surface area contributed by atoms with E-state index in [1.54, 1.807) is 17.0 Å². The van der Waals surface area contributed by atoms with Crippen LogP contribution in [-0.2, 0) is 11.2 Å². The van der Waals surface area contributed by atoms with E-state index in [1.807, 2.05) is 4.90 Å². The molecule has 7 nitrogen and oxygen atoms in total. The van der Waals surface area contributed by atoms with Gasteiger partial charge < -0.3 is 24.3 Å². The summed E-state index contributed by atoms with van der Waals surface area (Å²) >= 11 is 0. The van der Waals surface area contributed by atoms with Gasteiger partial charge in [-0.1, -0.05) is 0 Å². The second-order valence-corrected chi connectivity index (χ2v) is 10.5. The molecule has 1 N–H and O–H groups in total. The van der Waals surface area contributed by atoms with Crippen LogP contribution in [0.2, 0.25) is 0 Å². The molecule has 5 fully saturated rings. The van der Waals surface area contributed by atoms with E-state index in [2.05, 4.69) is 10.3 Å². The molecule has 1 aliphatic carbocycles. The molecule has 2 aromatic rings. The Balaban J connectivity index is 1.20. The monoisotopic (exact) mass is 494 g/mol. The van der Waals surface area contributed by atoms with Gasteiger partial charge in [0.1, 0.15) is 18.0 Å². The molecule has 0 radical (unpaired) electrons. The number of alkyl halides is 3. The highest BCUT2D eigenvalue weighted by molar-refractivity contribution is 6.03. The lowest BCUT2D eigenvalue weighted by Crippen LogP contribution is -2.48. The molecular formula is C24H26F4N4O3. The zero-order valence-electron chi connectivity index (χ0n) is 19.0. The zero-order chi connectivity index (χ0) is 24.4. The van der Waals surface area contributed by atoms with E-state index in [0.717, 1.165) is 19.5 Å². The van der Waals surface area contributed by atoms with E-state index >= 15 is 0 Å². The molecule has 1 aromatic carbocycles. The molecule has 11 heteroatoms. The number of carbonyl (C=O) groups excluding carboxylic acids is 1. The van der Waals surface area contributed by atoms with Crippen molar-refractivity contribution in [2.75, 3.05) is 54.5 Å². The van der Waals surface area contributed by atoms with Crippen molar-refractivity contribution in [2.24, 2.45) is 17.3 Å². The van der Waals surface area contributed by atoms with Crippen LogP contribution >= 0.6 is 0 Å². The molecule has 0 unspecified atom stereocenters. The molecule has 35 heavy (non-hydrogen) atoms. The molecule has 4 aliphatic heterocycles. The number of hydrogen-bond acceptors (Lipinski definition) is 6. The van der Waals surface area contributed by atoms with Crippen molar-refractivity contribution in [1.29, 1.82) is 0 Å². The van der Waals surface area contributed by atoms with Crippen molar-refractivity contribution < 1.29 is 31.5 Å². The summed E-state index contributed by atoms with van der Waals surface area (Å²) in [4.78, 5) is 20.8. The lowest BCUT2D eigenvalue weighted by Gasteiger charge is -2.48. The van der Waals surface area contributed by atoms with Crippen LogP contribution in [0.3, 0.4) is 0 Å². The maximum Gasteiger partial charge on any atom is 0.396 e. The smallest absolute Gasteiger partial charge is 0.396 e. The van der Waals surface area contributed by atoms with Crippen molar-refractivity contribution >= 4 is 23.3 Å². The highest BCUT2D eigenvalue weighted by Crippen LogP contribution is 2.42. The number of ether oxygens (including phenoxy) is 1. The summed E-state index contributed by atoms with van der Waals surface area (Å²) in [5, 5.41) is 2.49. The molecular weight excluding hydrogens is 468 g/mol. The summed E-state index contributed by atoms with van der Waals surface area (Å²) < 4.78 is 65.1. The summed E-state index contributed by atoms with van der Waals surface area (Å²) in [6, 6.07) is 4.34. The maximum atomic E-state index is 14.9. The van der Waals surface area contributed by atoms with Crippen LogP contribution in [0, 0.1) is 23.1 Å². The van der Waals surface area contributed by atoms with E-state index in [9.17, 15) is 22.4 Å². The van der Waals surface area contributed by atoms with Crippen LogP contribution in [0.4, 0.5) is 35.0 Å². The number of aromatic nitrogens is 1. The second-order valence-electron chi connectivity index (χ2n) is 10.5. The van der Waals surface area contributed by atoms with Crippen LogP contribution in [0.15, 0.2) is 22.6 Å². The molecule has 0 atom stereocenters. The van der Waals surface area contributed by atoms with Crippen LogP contribution in [0.25, 0.3) is 0 Å². The van der Waals surface area contributed by atoms with Gasteiger partial charge in [-0.05, 0) is 49.3 Å². The number of nitrogens with zero attached hydrogens (tertiary/aromatic N) is 3. The molecule has 5 heterocycles. The number of hydrogen-bond donors (Lipinski definition) is 1. The van der Waals surface area contributed by atoms with Gasteiger partial charge in [0.2, 0.25) is 0 Å². The predicted octanol–water partition coefficient (Wildman–Crippen LogP) is 4.24. The zero-order valence-corrected chi connectivity index (χ0v) is 19.0. The van der Waals surface area contributed by atoms with Gasteiger partial charge in [-0.25, -0.2) is 4.39 Å². The Morgan fingerprint density at radius 1 is 1.17 bits per heavy atom. The molecule has 7 rings (SSSR count). The Labute approximate surface area is 199 Å². The van der Waals surface area contributed by atoms with Crippen LogP contribution in [0.1, 0.15) is 35.5 Å². The third-order valence-corrected chi connectivity index (χ3v) is 7.62. The van der Waals surface area contributed by atoms with E-state index in [0.29, 0.717) is 43.8 Å². The highest BCUT2D eigenvalue weighted by atomic mass is 19.4. The predicted molar refractivity (Wildman–Crippen MR) is 119 cm³/mol. The summed E-state index contributed by atoms with van der Waals surface area (Å²) in [7, 11) is 0. The number of anilines is 3. The topological polar surface area (TPSA) is 70.8 Å². The summed E-state index contributed by atoms with van der Waals surface area (Å²) in [5.41, 5.74) is 0.146. The number of amides is 1. The van der Waals surface area contributed by atoms with Gasteiger partial charge in [-0.15, -0.1) is 0 Å². The van der Waals surface area contributed by atoms with E-state index < -0.39 is 35.8 Å². The Kier molecular flexibility index (Phi) is 5.24. The van der Waals surface area contributed by atoms with E-state index in [1.165, 1.54) is 18.9 Å². The molecule has 1 spiro atoms. The van der Waals surface area contributed by atoms with Gasteiger partial charge in [0.25, 0.3) is 11.9 Å². The Morgan fingerprint density at radius 2 is 1.91 bits per heavy atom. The Hall–Kier alpha value is -2.82. The third kappa shape index (κ3) is 4.34. The maximum absolute atomic E-state index is 14.9. The van der Waals surface area contributed by atoms with E-state index in [-0.39, 0.29) is 17.1 Å². The van der Waals surface area contributed by atoms with Crippen molar-refractivity contribution in [2.45, 2.75) is 31.9 Å². The first-order chi connectivity index (χ1) is 16.7. The summed E-state index contributed by atoms with van der Waals surface area (Å²) in [6.07, 6.45) is -2.80. The number of halogens is 4. The second kappa shape index (κ2) is 8.11. The normalized spacial score (nSPS) is 24.9. The minimum atomic E-state index is -4.58. The summed E-state index contributed by atoms with van der Waals surface area (Å²) in [6.45, 7) is 3.91. The largest absolute Gasteiger partial charge is 0.427 e. The number of nitrogens with one attached hydrogen (secondary N) is 1. The fraction of sp³-hybridized carbons (Fsp3) is 0.583. The fourth-order valence-corrected chi connectivity index (χ4v) is 5.78. The first-order valence-corrected chi connectivity index (χ1v) is 11.9. The number of benzene rings is 1. The van der Waals surface area contributed by atoms with Crippen LogP contribution in [0.5, 0.6) is 0 Å². The van der Waals surface area contributed by atoms with Gasteiger partial charge in [0.05, 0.1) is 18.9 Å². The molecule has 1 saturated carbocycles. The molecule has 4 saturated heterocycles. The SMILES string of the molecule is O=C(Nc1ccc(N2CC3CC(C3)C2)c(F)c1)c1nc(N2CCC3(COC3)C2)oc1CC(F)(F)F. The lowest BCUT2D eigenvalue weighted by molar-refractivity contribution is -0.130. The minimum absolute atomic E-state index is 0.0108. The van der Waals surface area contributed by atoms with Gasteiger partial charge in [0.15, 0.2) is 5.69 Å². The first kappa shape index (κ1) is 22.6. The van der Waals surface area contributed by atoms with Crippen LogP contribution in [-0.4, -0.2) is 56.5 Å². The Bertz CT molecular complexity index is 1130. The molecule has 1 aromatic heterocycles. The fourth-order valence-electron chi connectivity index (χ4n) is 5.78. The molecule has 5 aliphatic rings.